The Morgan fingerprint density at radius 3 is 2.60 bits per heavy atom. The van der Waals surface area contributed by atoms with Gasteiger partial charge >= 0.3 is 5.97 Å². The molecule has 0 saturated heterocycles. The van der Waals surface area contributed by atoms with Gasteiger partial charge in [0.15, 0.2) is 6.61 Å². The third-order valence-electron chi connectivity index (χ3n) is 4.50. The molecule has 1 fully saturated rings. The smallest absolute Gasteiger partial charge is 0.326 e. The average molecular weight is 344 g/mol. The van der Waals surface area contributed by atoms with Crippen molar-refractivity contribution in [1.82, 2.24) is 5.32 Å². The zero-order valence-electron chi connectivity index (χ0n) is 13.8. The van der Waals surface area contributed by atoms with E-state index in [1.807, 2.05) is 0 Å². The number of benzene rings is 1. The summed E-state index contributed by atoms with van der Waals surface area (Å²) in [6.45, 7) is -0.773. The predicted octanol–water partition coefficient (Wildman–Crippen LogP) is 1.21. The number of hydrogen-bond acceptors (Lipinski definition) is 5. The van der Waals surface area contributed by atoms with Crippen LogP contribution in [0.15, 0.2) is 24.3 Å². The molecule has 0 radical (unpaired) electrons. The van der Waals surface area contributed by atoms with Gasteiger partial charge in [-0.25, -0.2) is 0 Å². The maximum absolute atomic E-state index is 12.0. The lowest BCUT2D eigenvalue weighted by Gasteiger charge is -2.22. The van der Waals surface area contributed by atoms with E-state index >= 15 is 0 Å². The third kappa shape index (κ3) is 3.87. The molecule has 25 heavy (non-hydrogen) atoms. The fraction of sp³-hybridized carbons (Fsp3) is 0.444. The second kappa shape index (κ2) is 7.46. The molecule has 0 atom stereocenters. The second-order valence-corrected chi connectivity index (χ2v) is 6.30. The van der Waals surface area contributed by atoms with E-state index in [1.54, 1.807) is 24.3 Å². The first kappa shape index (κ1) is 17.1. The number of nitrogens with one attached hydrogen (secondary N) is 1. The van der Waals surface area contributed by atoms with Gasteiger partial charge in [0.05, 0.1) is 11.3 Å². The molecule has 1 N–H and O–H groups in total. The predicted molar refractivity (Wildman–Crippen MR) is 89.1 cm³/mol. The summed E-state index contributed by atoms with van der Waals surface area (Å²) in [7, 11) is 0. The van der Waals surface area contributed by atoms with Crippen LogP contribution in [0.5, 0.6) is 0 Å². The molecular weight excluding hydrogens is 324 g/mol. The van der Waals surface area contributed by atoms with Crippen LogP contribution in [0.2, 0.25) is 0 Å². The van der Waals surface area contributed by atoms with Crippen LogP contribution < -0.4 is 10.2 Å². The van der Waals surface area contributed by atoms with Crippen molar-refractivity contribution in [3.05, 3.63) is 29.8 Å². The molecule has 0 spiro atoms. The monoisotopic (exact) mass is 344 g/mol. The molecule has 7 heteroatoms. The summed E-state index contributed by atoms with van der Waals surface area (Å²) in [6.07, 6.45) is 5.26. The highest BCUT2D eigenvalue weighted by atomic mass is 16.5. The van der Waals surface area contributed by atoms with Crippen molar-refractivity contribution in [2.24, 2.45) is 0 Å². The highest BCUT2D eigenvalue weighted by Crippen LogP contribution is 2.28. The van der Waals surface area contributed by atoms with Gasteiger partial charge < -0.3 is 10.1 Å². The number of amides is 2. The van der Waals surface area contributed by atoms with Gasteiger partial charge in [0.25, 0.3) is 17.6 Å². The number of rotatable bonds is 5. The lowest BCUT2D eigenvalue weighted by Crippen LogP contribution is -2.40. The maximum Gasteiger partial charge on any atom is 0.326 e. The Morgan fingerprint density at radius 2 is 1.84 bits per heavy atom. The molecule has 0 aromatic heterocycles. The van der Waals surface area contributed by atoms with Gasteiger partial charge in [-0.15, -0.1) is 0 Å². The van der Waals surface area contributed by atoms with E-state index in [1.165, 1.54) is 6.42 Å². The normalized spacial score (nSPS) is 17.4. The summed E-state index contributed by atoms with van der Waals surface area (Å²) < 4.78 is 4.95. The van der Waals surface area contributed by atoms with Gasteiger partial charge in [-0.3, -0.25) is 24.1 Å². The molecule has 2 amide bonds. The molecule has 0 unspecified atom stereocenters. The summed E-state index contributed by atoms with van der Waals surface area (Å²) in [5, 5.41) is 2.85. The number of esters is 1. The van der Waals surface area contributed by atoms with Crippen molar-refractivity contribution in [3.63, 3.8) is 0 Å². The Hall–Kier alpha value is -2.70. The number of hydrogen-bond donors (Lipinski definition) is 1. The number of carbonyl (C=O) groups excluding carboxylic acids is 4. The molecule has 1 aromatic rings. The van der Waals surface area contributed by atoms with E-state index in [4.69, 9.17) is 4.74 Å². The highest BCUT2D eigenvalue weighted by Gasteiger charge is 2.36. The lowest BCUT2D eigenvalue weighted by molar-refractivity contribution is -0.147. The van der Waals surface area contributed by atoms with Crippen LogP contribution in [0.4, 0.5) is 5.69 Å². The molecular formula is C18H20N2O5. The van der Waals surface area contributed by atoms with E-state index in [9.17, 15) is 19.2 Å². The summed E-state index contributed by atoms with van der Waals surface area (Å²) in [5.41, 5.74) is 0.663. The fourth-order valence-electron chi connectivity index (χ4n) is 3.24. The van der Waals surface area contributed by atoms with Crippen molar-refractivity contribution < 1.29 is 23.9 Å². The molecule has 0 bridgehead atoms. The molecule has 1 aromatic carbocycles. The average Bonchev–Trinajstić information content (AvgIpc) is 2.86. The molecule has 7 nitrogen and oxygen atoms in total. The quantitative estimate of drug-likeness (QED) is 0.640. The summed E-state index contributed by atoms with van der Waals surface area (Å²) in [5.74, 6) is -2.47. The number of nitrogens with zero attached hydrogens (tertiary/aromatic N) is 1. The van der Waals surface area contributed by atoms with Crippen LogP contribution in [0.25, 0.3) is 0 Å². The zero-order valence-corrected chi connectivity index (χ0v) is 13.8. The van der Waals surface area contributed by atoms with Crippen molar-refractivity contribution in [1.29, 1.82) is 0 Å². The van der Waals surface area contributed by atoms with Crippen LogP contribution >= 0.6 is 0 Å². The van der Waals surface area contributed by atoms with Crippen LogP contribution in [0, 0.1) is 0 Å². The molecule has 1 aliphatic carbocycles. The number of ketones is 1. The summed E-state index contributed by atoms with van der Waals surface area (Å²) in [6, 6.07) is 6.62. The van der Waals surface area contributed by atoms with Crippen molar-refractivity contribution in [2.45, 2.75) is 38.1 Å². The topological polar surface area (TPSA) is 92.8 Å². The summed E-state index contributed by atoms with van der Waals surface area (Å²) in [4.78, 5) is 48.7. The number of carbonyl (C=O) groups is 4. The molecule has 132 valence electrons. The Kier molecular flexibility index (Phi) is 5.11. The standard InChI is InChI=1S/C18H20N2O5/c21-15(19-12-6-2-1-3-7-12)11-25-16(22)10-20-14-9-5-4-8-13(14)17(23)18(20)24/h4-5,8-9,12H,1-3,6-7,10-11H2,(H,19,21). The molecule has 3 rings (SSSR count). The molecule has 1 saturated carbocycles. The number of para-hydroxylation sites is 1. The number of ether oxygens (including phenoxy) is 1. The zero-order chi connectivity index (χ0) is 17.8. The number of anilines is 1. The van der Waals surface area contributed by atoms with Gasteiger partial charge in [0.2, 0.25) is 0 Å². The second-order valence-electron chi connectivity index (χ2n) is 6.30. The van der Waals surface area contributed by atoms with Crippen LogP contribution in [0.3, 0.4) is 0 Å². The fourth-order valence-corrected chi connectivity index (χ4v) is 3.24. The van der Waals surface area contributed by atoms with Gasteiger partial charge in [0.1, 0.15) is 6.54 Å². The SMILES string of the molecule is O=C(COC(=O)CN1C(=O)C(=O)c2ccccc21)NC1CCCCC1. The van der Waals surface area contributed by atoms with Gasteiger partial charge in [0, 0.05) is 6.04 Å². The van der Waals surface area contributed by atoms with Gasteiger partial charge in [-0.2, -0.15) is 0 Å². The van der Waals surface area contributed by atoms with Crippen LogP contribution in [-0.2, 0) is 19.1 Å². The van der Waals surface area contributed by atoms with Crippen molar-refractivity contribution >= 4 is 29.3 Å². The number of Topliss-reactive ketones (excluding diaryl/α,β-unsaturated/α-hetero) is 1. The molecule has 2 aliphatic rings. The van der Waals surface area contributed by atoms with Crippen molar-refractivity contribution in [3.8, 4) is 0 Å². The highest BCUT2D eigenvalue weighted by molar-refractivity contribution is 6.52. The Morgan fingerprint density at radius 1 is 1.12 bits per heavy atom. The van der Waals surface area contributed by atoms with E-state index in [-0.39, 0.29) is 24.1 Å². The first-order chi connectivity index (χ1) is 12.1. The molecule has 1 heterocycles. The maximum atomic E-state index is 12.0. The van der Waals surface area contributed by atoms with Crippen LogP contribution in [0.1, 0.15) is 42.5 Å². The third-order valence-corrected chi connectivity index (χ3v) is 4.50. The van der Waals surface area contributed by atoms with E-state index in [0.29, 0.717) is 5.69 Å². The Balaban J connectivity index is 1.50. The van der Waals surface area contributed by atoms with Gasteiger partial charge in [-0.1, -0.05) is 31.4 Å². The minimum atomic E-state index is -0.759. The van der Waals surface area contributed by atoms with Crippen molar-refractivity contribution in [2.75, 3.05) is 18.1 Å². The van der Waals surface area contributed by atoms with Crippen LogP contribution in [-0.4, -0.2) is 42.8 Å². The van der Waals surface area contributed by atoms with E-state index < -0.39 is 24.2 Å². The van der Waals surface area contributed by atoms with E-state index in [0.717, 1.165) is 30.6 Å². The first-order valence-corrected chi connectivity index (χ1v) is 8.46. The minimum absolute atomic E-state index is 0.143. The first-order valence-electron chi connectivity index (χ1n) is 8.46. The Labute approximate surface area is 145 Å². The minimum Gasteiger partial charge on any atom is -0.454 e. The summed E-state index contributed by atoms with van der Waals surface area (Å²) >= 11 is 0. The van der Waals surface area contributed by atoms with E-state index in [2.05, 4.69) is 5.32 Å². The Bertz CT molecular complexity index is 709. The lowest BCUT2D eigenvalue weighted by atomic mass is 9.95. The van der Waals surface area contributed by atoms with Gasteiger partial charge in [-0.05, 0) is 25.0 Å². The largest absolute Gasteiger partial charge is 0.454 e. The molecule has 1 aliphatic heterocycles. The number of fused-ring (bicyclic) bond motifs is 1.